The molecule has 0 aliphatic carbocycles. The van der Waals surface area contributed by atoms with E-state index >= 15 is 0 Å². The van der Waals surface area contributed by atoms with E-state index in [0.717, 1.165) is 18.7 Å². The summed E-state index contributed by atoms with van der Waals surface area (Å²) in [7, 11) is 0. The van der Waals surface area contributed by atoms with Crippen LogP contribution in [0.5, 0.6) is 5.75 Å². The third-order valence-corrected chi connectivity index (χ3v) is 4.71. The van der Waals surface area contributed by atoms with Gasteiger partial charge in [0, 0.05) is 12.8 Å². The number of hydrogen-bond acceptors (Lipinski definition) is 6. The summed E-state index contributed by atoms with van der Waals surface area (Å²) < 4.78 is 11.5. The standard InChI is InChI=1S/C19H26N4O3/c1-4-16(17-21-14(3)23-26-17)22-18(24)19(9-11-20-12-10-19)25-15-7-5-13(2)6-8-15/h5-8,16,20H,4,9-12H2,1-3H3,(H,22,24). The zero-order valence-electron chi connectivity index (χ0n) is 15.5. The summed E-state index contributed by atoms with van der Waals surface area (Å²) >= 11 is 0. The molecule has 1 saturated heterocycles. The van der Waals surface area contributed by atoms with Crippen molar-refractivity contribution in [2.75, 3.05) is 13.1 Å². The molecule has 0 spiro atoms. The smallest absolute Gasteiger partial charge is 0.264 e. The fourth-order valence-corrected chi connectivity index (χ4v) is 3.12. The molecular formula is C19H26N4O3. The lowest BCUT2D eigenvalue weighted by molar-refractivity contribution is -0.140. The number of amides is 1. The van der Waals surface area contributed by atoms with Crippen molar-refractivity contribution in [1.82, 2.24) is 20.8 Å². The molecule has 2 heterocycles. The van der Waals surface area contributed by atoms with E-state index in [2.05, 4.69) is 20.8 Å². The fraction of sp³-hybridized carbons (Fsp3) is 0.526. The first-order chi connectivity index (χ1) is 12.5. The molecule has 26 heavy (non-hydrogen) atoms. The molecule has 1 atom stereocenters. The summed E-state index contributed by atoms with van der Waals surface area (Å²) in [6.07, 6.45) is 1.87. The molecule has 1 unspecified atom stereocenters. The van der Waals surface area contributed by atoms with Crippen LogP contribution in [0.2, 0.25) is 0 Å². The zero-order chi connectivity index (χ0) is 18.6. The van der Waals surface area contributed by atoms with Gasteiger partial charge in [-0.2, -0.15) is 4.98 Å². The van der Waals surface area contributed by atoms with Gasteiger partial charge in [-0.25, -0.2) is 0 Å². The predicted molar refractivity (Wildman–Crippen MR) is 96.9 cm³/mol. The van der Waals surface area contributed by atoms with Crippen molar-refractivity contribution in [2.45, 2.75) is 51.7 Å². The van der Waals surface area contributed by atoms with Gasteiger partial charge >= 0.3 is 0 Å². The second kappa shape index (κ2) is 7.86. The van der Waals surface area contributed by atoms with Crippen LogP contribution in [0.3, 0.4) is 0 Å². The molecular weight excluding hydrogens is 332 g/mol. The Morgan fingerprint density at radius 2 is 2.00 bits per heavy atom. The first-order valence-corrected chi connectivity index (χ1v) is 9.10. The number of carbonyl (C=O) groups is 1. The van der Waals surface area contributed by atoms with E-state index < -0.39 is 5.60 Å². The van der Waals surface area contributed by atoms with Crippen LogP contribution in [0.15, 0.2) is 28.8 Å². The predicted octanol–water partition coefficient (Wildman–Crippen LogP) is 2.45. The van der Waals surface area contributed by atoms with Gasteiger partial charge < -0.3 is 19.9 Å². The Bertz CT molecular complexity index is 735. The molecule has 0 saturated carbocycles. The molecule has 140 valence electrons. The van der Waals surface area contributed by atoms with Crippen molar-refractivity contribution in [3.8, 4) is 5.75 Å². The summed E-state index contributed by atoms with van der Waals surface area (Å²) in [5.41, 5.74) is 0.252. The van der Waals surface area contributed by atoms with Crippen LogP contribution in [-0.4, -0.2) is 34.7 Å². The molecule has 1 aliphatic heterocycles. The maximum atomic E-state index is 13.2. The number of hydrogen-bond donors (Lipinski definition) is 2. The van der Waals surface area contributed by atoms with Gasteiger partial charge in [-0.15, -0.1) is 0 Å². The Balaban J connectivity index is 1.79. The van der Waals surface area contributed by atoms with Crippen molar-refractivity contribution < 1.29 is 14.1 Å². The van der Waals surface area contributed by atoms with Crippen molar-refractivity contribution in [3.63, 3.8) is 0 Å². The Hall–Kier alpha value is -2.41. The molecule has 1 amide bonds. The third kappa shape index (κ3) is 4.04. The molecule has 1 aromatic carbocycles. The van der Waals surface area contributed by atoms with Crippen molar-refractivity contribution >= 4 is 5.91 Å². The number of ether oxygens (including phenoxy) is 1. The molecule has 1 fully saturated rings. The maximum absolute atomic E-state index is 13.2. The number of benzene rings is 1. The number of rotatable bonds is 6. The van der Waals surface area contributed by atoms with Gasteiger partial charge in [-0.3, -0.25) is 4.79 Å². The lowest BCUT2D eigenvalue weighted by atomic mass is 9.90. The monoisotopic (exact) mass is 358 g/mol. The Kier molecular flexibility index (Phi) is 5.56. The summed E-state index contributed by atoms with van der Waals surface area (Å²) in [6, 6.07) is 7.46. The lowest BCUT2D eigenvalue weighted by Crippen LogP contribution is -2.57. The van der Waals surface area contributed by atoms with Crippen molar-refractivity contribution in [2.24, 2.45) is 0 Å². The highest BCUT2D eigenvalue weighted by Crippen LogP contribution is 2.28. The van der Waals surface area contributed by atoms with Crippen LogP contribution >= 0.6 is 0 Å². The SMILES string of the molecule is CCC(NC(=O)C1(Oc2ccc(C)cc2)CCNCC1)c1nc(C)no1. The average molecular weight is 358 g/mol. The number of nitrogens with one attached hydrogen (secondary N) is 2. The number of nitrogens with zero attached hydrogens (tertiary/aromatic N) is 2. The minimum atomic E-state index is -0.900. The number of aryl methyl sites for hydroxylation is 2. The van der Waals surface area contributed by atoms with Crippen LogP contribution in [0.25, 0.3) is 0 Å². The molecule has 0 bridgehead atoms. The molecule has 1 aromatic heterocycles. The largest absolute Gasteiger partial charge is 0.477 e. The summed E-state index contributed by atoms with van der Waals surface area (Å²) in [5, 5.41) is 10.2. The van der Waals surface area contributed by atoms with Gasteiger partial charge in [0.25, 0.3) is 5.91 Å². The topological polar surface area (TPSA) is 89.3 Å². The molecule has 7 heteroatoms. The molecule has 3 rings (SSSR count). The maximum Gasteiger partial charge on any atom is 0.264 e. The molecule has 2 aromatic rings. The van der Waals surface area contributed by atoms with Gasteiger partial charge in [0.2, 0.25) is 5.89 Å². The van der Waals surface area contributed by atoms with Crippen LogP contribution in [0.1, 0.15) is 49.5 Å². The first-order valence-electron chi connectivity index (χ1n) is 9.10. The highest BCUT2D eigenvalue weighted by atomic mass is 16.5. The van der Waals surface area contributed by atoms with Gasteiger partial charge in [0.15, 0.2) is 11.4 Å². The molecule has 0 radical (unpaired) electrons. The number of carbonyl (C=O) groups excluding carboxylic acids is 1. The lowest BCUT2D eigenvalue weighted by Gasteiger charge is -2.37. The Labute approximate surface area is 153 Å². The molecule has 7 nitrogen and oxygen atoms in total. The Morgan fingerprint density at radius 3 is 2.58 bits per heavy atom. The van der Waals surface area contributed by atoms with Crippen LogP contribution in [-0.2, 0) is 4.79 Å². The normalized spacial score (nSPS) is 17.5. The summed E-state index contributed by atoms with van der Waals surface area (Å²) in [5.74, 6) is 1.55. The summed E-state index contributed by atoms with van der Waals surface area (Å²) in [4.78, 5) is 17.4. The van der Waals surface area contributed by atoms with Gasteiger partial charge in [0.05, 0.1) is 0 Å². The second-order valence-electron chi connectivity index (χ2n) is 6.77. The molecule has 1 aliphatic rings. The van der Waals surface area contributed by atoms with Crippen LogP contribution in [0, 0.1) is 13.8 Å². The second-order valence-corrected chi connectivity index (χ2v) is 6.77. The van der Waals surface area contributed by atoms with Crippen molar-refractivity contribution in [3.05, 3.63) is 41.5 Å². The minimum Gasteiger partial charge on any atom is -0.477 e. The Morgan fingerprint density at radius 1 is 1.31 bits per heavy atom. The molecule has 2 N–H and O–H groups in total. The highest BCUT2D eigenvalue weighted by molar-refractivity contribution is 5.86. The van der Waals surface area contributed by atoms with E-state index in [4.69, 9.17) is 9.26 Å². The fourth-order valence-electron chi connectivity index (χ4n) is 3.12. The number of piperidine rings is 1. The van der Waals surface area contributed by atoms with Gasteiger partial charge in [0.1, 0.15) is 11.8 Å². The zero-order valence-corrected chi connectivity index (χ0v) is 15.5. The highest BCUT2D eigenvalue weighted by Gasteiger charge is 2.43. The number of aromatic nitrogens is 2. The van der Waals surface area contributed by atoms with E-state index in [1.807, 2.05) is 38.1 Å². The van der Waals surface area contributed by atoms with E-state index in [-0.39, 0.29) is 11.9 Å². The first kappa shape index (κ1) is 18.4. The van der Waals surface area contributed by atoms with E-state index in [9.17, 15) is 4.79 Å². The van der Waals surface area contributed by atoms with E-state index in [1.165, 1.54) is 0 Å². The van der Waals surface area contributed by atoms with Crippen LogP contribution in [0.4, 0.5) is 0 Å². The minimum absolute atomic E-state index is 0.137. The van der Waals surface area contributed by atoms with Crippen molar-refractivity contribution in [1.29, 1.82) is 0 Å². The van der Waals surface area contributed by atoms with Gasteiger partial charge in [-0.1, -0.05) is 29.8 Å². The van der Waals surface area contributed by atoms with E-state index in [0.29, 0.717) is 36.7 Å². The average Bonchev–Trinajstić information content (AvgIpc) is 3.08. The summed E-state index contributed by atoms with van der Waals surface area (Å²) in [6.45, 7) is 7.22. The quantitative estimate of drug-likeness (QED) is 0.824. The van der Waals surface area contributed by atoms with Crippen LogP contribution < -0.4 is 15.4 Å². The van der Waals surface area contributed by atoms with E-state index in [1.54, 1.807) is 6.92 Å². The van der Waals surface area contributed by atoms with Gasteiger partial charge in [-0.05, 0) is 45.5 Å². The third-order valence-electron chi connectivity index (χ3n) is 4.71.